The number of hydrogen-bond acceptors (Lipinski definition) is 6. The summed E-state index contributed by atoms with van der Waals surface area (Å²) >= 11 is 0. The first-order chi connectivity index (χ1) is 42.6. The van der Waals surface area contributed by atoms with E-state index in [0.717, 1.165) is 146 Å². The highest BCUT2D eigenvalue weighted by molar-refractivity contribution is 6.10. The molecule has 402 valence electrons. The van der Waals surface area contributed by atoms with Gasteiger partial charge in [0.25, 0.3) is 0 Å². The number of ether oxygens (including phenoxy) is 2. The van der Waals surface area contributed by atoms with Crippen LogP contribution in [0.15, 0.2) is 298 Å². The molecule has 17 rings (SSSR count). The molecular weight excluding hydrogens is 1050 g/mol. The van der Waals surface area contributed by atoms with Crippen LogP contribution in [0, 0.1) is 0 Å². The maximum Gasteiger partial charge on any atom is 0.160 e. The molecule has 11 aromatic carbocycles. The van der Waals surface area contributed by atoms with Crippen molar-refractivity contribution in [1.29, 1.82) is 0 Å². The summed E-state index contributed by atoms with van der Waals surface area (Å²) in [6.45, 7) is 4.14. The van der Waals surface area contributed by atoms with Crippen LogP contribution in [0.1, 0.15) is 50.2 Å². The zero-order chi connectivity index (χ0) is 56.9. The third kappa shape index (κ3) is 7.20. The number of rotatable bonds is 8. The Balaban J connectivity index is 0.887. The van der Waals surface area contributed by atoms with Crippen molar-refractivity contribution in [3.05, 3.63) is 348 Å². The second-order valence-corrected chi connectivity index (χ2v) is 22.3. The molecule has 86 heavy (non-hydrogen) atoms. The van der Waals surface area contributed by atoms with E-state index in [1.165, 1.54) is 5.56 Å². The van der Waals surface area contributed by atoms with Gasteiger partial charge >= 0.3 is 0 Å². The predicted octanol–water partition coefficient (Wildman–Crippen LogP) is 19.3. The highest BCUT2D eigenvalue weighted by atomic mass is 16.5. The van der Waals surface area contributed by atoms with Gasteiger partial charge in [-0.05, 0) is 98.6 Å². The SMILES string of the molecule is C=C/C=C\C1=C(c2cc(-c3cccc(-c4ccc5c(c4)C4(c6ccccc6Oc6ccccc64)c4c-5cccc4-c4nc(-c5ccccc5)nc5ccccc45)c3)nc(-c3ccccc3)n2)C2(c3ccccc3Oc3ccccc32)c2ccccc21. The Morgan fingerprint density at radius 2 is 0.837 bits per heavy atom. The molecule has 4 heterocycles. The smallest absolute Gasteiger partial charge is 0.160 e. The van der Waals surface area contributed by atoms with Gasteiger partial charge in [0, 0.05) is 55.5 Å². The summed E-state index contributed by atoms with van der Waals surface area (Å²) in [7, 11) is 0. The lowest BCUT2D eigenvalue weighted by Crippen LogP contribution is -2.33. The molecule has 0 radical (unpaired) electrons. The molecule has 2 aromatic heterocycles. The summed E-state index contributed by atoms with van der Waals surface area (Å²) in [5, 5.41) is 0.983. The molecule has 0 bridgehead atoms. The zero-order valence-corrected chi connectivity index (χ0v) is 46.5. The van der Waals surface area contributed by atoms with Gasteiger partial charge in [0.1, 0.15) is 23.0 Å². The van der Waals surface area contributed by atoms with Gasteiger partial charge in [0.05, 0.1) is 33.4 Å². The van der Waals surface area contributed by atoms with Gasteiger partial charge < -0.3 is 9.47 Å². The second kappa shape index (κ2) is 19.4. The minimum atomic E-state index is -0.826. The lowest BCUT2D eigenvalue weighted by molar-refractivity contribution is 0.436. The molecule has 0 saturated heterocycles. The van der Waals surface area contributed by atoms with Crippen molar-refractivity contribution in [1.82, 2.24) is 19.9 Å². The molecule has 0 amide bonds. The number of aromatic nitrogens is 4. The van der Waals surface area contributed by atoms with Crippen LogP contribution in [0.25, 0.3) is 89.6 Å². The van der Waals surface area contributed by atoms with E-state index in [1.54, 1.807) is 0 Å². The van der Waals surface area contributed by atoms with Gasteiger partial charge in [-0.25, -0.2) is 19.9 Å². The standard InChI is InChI=1S/C80H50N4O2/c1-2-3-30-58-55-31-10-12-35-61(55)79(62-36-13-18-41-70(62)85-71-42-19-14-37-63(71)79)75(58)69-49-68(82-77(83-69)50-24-6-4-7-25-50)54-29-22-28-52(47-54)53-45-46-56-57-33-23-34-60(76-59-32-11-17-40-67(59)81-78(84-76)51-26-8-5-9-27-51)74(57)80(66(56)48-53)64-38-15-20-43-72(64)86-73-44-21-16-39-65(73)80/h2-49H,1H2/b30-3-. The van der Waals surface area contributed by atoms with E-state index in [2.05, 4.69) is 249 Å². The molecule has 6 nitrogen and oxygen atoms in total. The van der Waals surface area contributed by atoms with Gasteiger partial charge in [-0.15, -0.1) is 0 Å². The minimum Gasteiger partial charge on any atom is -0.457 e. The Morgan fingerprint density at radius 1 is 0.337 bits per heavy atom. The molecule has 4 aliphatic rings. The molecule has 2 spiro atoms. The Kier molecular flexibility index (Phi) is 11.1. The van der Waals surface area contributed by atoms with E-state index in [-0.39, 0.29) is 0 Å². The molecule has 2 aliphatic carbocycles. The van der Waals surface area contributed by atoms with E-state index >= 15 is 0 Å². The number of fused-ring (bicyclic) bond motifs is 16. The lowest BCUT2D eigenvalue weighted by Gasteiger charge is -2.40. The number of benzene rings is 11. The first kappa shape index (κ1) is 49.3. The summed E-state index contributed by atoms with van der Waals surface area (Å²) in [5.74, 6) is 4.55. The van der Waals surface area contributed by atoms with E-state index in [4.69, 9.17) is 29.4 Å². The summed E-state index contributed by atoms with van der Waals surface area (Å²) in [6, 6.07) is 96.6. The Hall–Kier alpha value is -11.3. The number of hydrogen-bond donors (Lipinski definition) is 0. The van der Waals surface area contributed by atoms with Gasteiger partial charge in [-0.3, -0.25) is 0 Å². The fourth-order valence-electron chi connectivity index (χ4n) is 14.4. The summed E-state index contributed by atoms with van der Waals surface area (Å²) in [5.41, 5.74) is 21.0. The fourth-order valence-corrected chi connectivity index (χ4v) is 14.4. The molecule has 0 fully saturated rings. The maximum absolute atomic E-state index is 6.92. The molecule has 0 saturated carbocycles. The van der Waals surface area contributed by atoms with Crippen molar-refractivity contribution in [3.8, 4) is 90.5 Å². The van der Waals surface area contributed by atoms with E-state index in [0.29, 0.717) is 11.6 Å². The van der Waals surface area contributed by atoms with Crippen molar-refractivity contribution >= 4 is 22.0 Å². The monoisotopic (exact) mass is 1100 g/mol. The highest BCUT2D eigenvalue weighted by Crippen LogP contribution is 2.66. The summed E-state index contributed by atoms with van der Waals surface area (Å²) in [4.78, 5) is 21.9. The van der Waals surface area contributed by atoms with Crippen LogP contribution in [0.2, 0.25) is 0 Å². The van der Waals surface area contributed by atoms with E-state index < -0.39 is 10.8 Å². The van der Waals surface area contributed by atoms with Gasteiger partial charge in [0.15, 0.2) is 11.6 Å². The van der Waals surface area contributed by atoms with E-state index in [9.17, 15) is 0 Å². The van der Waals surface area contributed by atoms with Crippen molar-refractivity contribution in [2.75, 3.05) is 0 Å². The van der Waals surface area contributed by atoms with Crippen LogP contribution in [0.4, 0.5) is 0 Å². The van der Waals surface area contributed by atoms with Crippen LogP contribution in [-0.2, 0) is 10.8 Å². The number of para-hydroxylation sites is 5. The van der Waals surface area contributed by atoms with Gasteiger partial charge in [-0.2, -0.15) is 0 Å². The van der Waals surface area contributed by atoms with Crippen LogP contribution in [0.5, 0.6) is 23.0 Å². The minimum absolute atomic E-state index is 0.625. The third-order valence-corrected chi connectivity index (χ3v) is 17.8. The highest BCUT2D eigenvalue weighted by Gasteiger charge is 2.54. The molecule has 2 aliphatic heterocycles. The van der Waals surface area contributed by atoms with Gasteiger partial charge in [-0.1, -0.05) is 249 Å². The number of allylic oxidation sites excluding steroid dienone is 5. The van der Waals surface area contributed by atoms with Crippen molar-refractivity contribution < 1.29 is 9.47 Å². The van der Waals surface area contributed by atoms with Crippen molar-refractivity contribution in [2.24, 2.45) is 0 Å². The first-order valence-corrected chi connectivity index (χ1v) is 29.1. The largest absolute Gasteiger partial charge is 0.457 e. The second-order valence-electron chi connectivity index (χ2n) is 22.3. The van der Waals surface area contributed by atoms with Crippen LogP contribution >= 0.6 is 0 Å². The Labute approximate surface area is 498 Å². The third-order valence-electron chi connectivity index (χ3n) is 17.8. The summed E-state index contributed by atoms with van der Waals surface area (Å²) in [6.07, 6.45) is 6.06. The maximum atomic E-state index is 6.92. The lowest BCUT2D eigenvalue weighted by atomic mass is 9.64. The molecule has 6 heteroatoms. The van der Waals surface area contributed by atoms with Crippen LogP contribution in [-0.4, -0.2) is 19.9 Å². The first-order valence-electron chi connectivity index (χ1n) is 29.1. The normalized spacial score (nSPS) is 14.1. The molecule has 0 unspecified atom stereocenters. The van der Waals surface area contributed by atoms with Crippen molar-refractivity contribution in [2.45, 2.75) is 10.8 Å². The van der Waals surface area contributed by atoms with E-state index in [1.807, 2.05) is 48.6 Å². The molecule has 13 aromatic rings. The summed E-state index contributed by atoms with van der Waals surface area (Å²) < 4.78 is 13.7. The number of nitrogens with zero attached hydrogens (tertiary/aromatic N) is 4. The topological polar surface area (TPSA) is 70.0 Å². The Morgan fingerprint density at radius 3 is 1.50 bits per heavy atom. The zero-order valence-electron chi connectivity index (χ0n) is 46.5. The van der Waals surface area contributed by atoms with Gasteiger partial charge in [0.2, 0.25) is 0 Å². The molecular formula is C80H50N4O2. The Bertz CT molecular complexity index is 4950. The average molecular weight is 1100 g/mol. The molecule has 0 N–H and O–H groups in total. The van der Waals surface area contributed by atoms with Crippen LogP contribution < -0.4 is 9.47 Å². The average Bonchev–Trinajstić information content (AvgIpc) is 1.51. The fraction of sp³-hybridized carbons (Fsp3) is 0.0250. The predicted molar refractivity (Wildman–Crippen MR) is 345 cm³/mol. The quantitative estimate of drug-likeness (QED) is 0.141. The molecule has 0 atom stereocenters. The van der Waals surface area contributed by atoms with Crippen LogP contribution in [0.3, 0.4) is 0 Å². The van der Waals surface area contributed by atoms with Crippen molar-refractivity contribution in [3.63, 3.8) is 0 Å².